The van der Waals surface area contributed by atoms with Crippen molar-refractivity contribution in [2.45, 2.75) is 30.4 Å². The third kappa shape index (κ3) is 2.76. The second-order valence-electron chi connectivity index (χ2n) is 3.65. The summed E-state index contributed by atoms with van der Waals surface area (Å²) in [6, 6.07) is 7.97. The van der Waals surface area contributed by atoms with E-state index in [1.165, 1.54) is 17.3 Å². The molecular weight excluding hydrogens is 216 g/mol. The summed E-state index contributed by atoms with van der Waals surface area (Å²) in [5, 5.41) is -0.314. The van der Waals surface area contributed by atoms with Gasteiger partial charge in [-0.1, -0.05) is 18.2 Å². The van der Waals surface area contributed by atoms with E-state index in [-0.39, 0.29) is 5.24 Å². The molecule has 1 nitrogen and oxygen atoms in total. The molecule has 0 saturated carbocycles. The molecule has 0 aliphatic rings. The van der Waals surface area contributed by atoms with Crippen LogP contribution in [0.4, 0.5) is 0 Å². The van der Waals surface area contributed by atoms with Gasteiger partial charge in [-0.3, -0.25) is 4.79 Å². The van der Waals surface area contributed by atoms with E-state index in [0.717, 1.165) is 4.90 Å². The molecule has 0 heterocycles. The predicted molar refractivity (Wildman–Crippen MR) is 62.0 cm³/mol. The van der Waals surface area contributed by atoms with Crippen LogP contribution in [0.15, 0.2) is 29.2 Å². The second kappa shape index (κ2) is 4.37. The second-order valence-corrected chi connectivity index (χ2v) is 5.66. The van der Waals surface area contributed by atoms with Crippen molar-refractivity contribution in [2.75, 3.05) is 0 Å². The van der Waals surface area contributed by atoms with Crippen LogP contribution in [-0.2, 0) is 4.79 Å². The molecule has 0 aliphatic heterocycles. The Labute approximate surface area is 93.8 Å². The van der Waals surface area contributed by atoms with E-state index in [9.17, 15) is 4.79 Å². The number of carbonyl (C=O) groups is 1. The number of halogens is 1. The van der Waals surface area contributed by atoms with Crippen LogP contribution in [0, 0.1) is 6.92 Å². The molecule has 1 aromatic carbocycles. The lowest BCUT2D eigenvalue weighted by Crippen LogP contribution is -2.22. The summed E-state index contributed by atoms with van der Waals surface area (Å²) in [5.41, 5.74) is 1.17. The Morgan fingerprint density at radius 1 is 1.36 bits per heavy atom. The van der Waals surface area contributed by atoms with E-state index in [1.54, 1.807) is 0 Å². The highest BCUT2D eigenvalue weighted by Gasteiger charge is 2.27. The van der Waals surface area contributed by atoms with E-state index in [0.29, 0.717) is 0 Å². The minimum absolute atomic E-state index is 0.314. The maximum Gasteiger partial charge on any atom is 0.237 e. The zero-order valence-corrected chi connectivity index (χ0v) is 10.1. The Kier molecular flexibility index (Phi) is 3.62. The minimum Gasteiger partial charge on any atom is -0.280 e. The number of aryl methyl sites for hydroxylation is 1. The zero-order chi connectivity index (χ0) is 10.8. The van der Waals surface area contributed by atoms with Crippen LogP contribution < -0.4 is 0 Å². The van der Waals surface area contributed by atoms with Crippen LogP contribution in [0.25, 0.3) is 0 Å². The molecule has 14 heavy (non-hydrogen) atoms. The van der Waals surface area contributed by atoms with Crippen molar-refractivity contribution >= 4 is 28.6 Å². The molecule has 0 unspecified atom stereocenters. The van der Waals surface area contributed by atoms with Gasteiger partial charge >= 0.3 is 0 Å². The highest BCUT2D eigenvalue weighted by Crippen LogP contribution is 2.35. The molecule has 1 rings (SSSR count). The molecule has 0 bridgehead atoms. The Morgan fingerprint density at radius 2 is 1.93 bits per heavy atom. The van der Waals surface area contributed by atoms with Gasteiger partial charge in [0.05, 0.1) is 4.75 Å². The fourth-order valence-corrected chi connectivity index (χ4v) is 2.11. The van der Waals surface area contributed by atoms with Crippen molar-refractivity contribution in [1.29, 1.82) is 0 Å². The molecule has 0 spiro atoms. The van der Waals surface area contributed by atoms with Gasteiger partial charge in [0, 0.05) is 4.90 Å². The molecule has 0 aliphatic carbocycles. The average molecular weight is 229 g/mol. The van der Waals surface area contributed by atoms with Gasteiger partial charge in [-0.25, -0.2) is 0 Å². The van der Waals surface area contributed by atoms with Crippen LogP contribution in [0.5, 0.6) is 0 Å². The number of carbonyl (C=O) groups excluding carboxylic acids is 1. The third-order valence-corrected chi connectivity index (χ3v) is 3.89. The number of benzene rings is 1. The van der Waals surface area contributed by atoms with Crippen LogP contribution in [-0.4, -0.2) is 9.99 Å². The molecule has 0 atom stereocenters. The van der Waals surface area contributed by atoms with Gasteiger partial charge in [-0.05, 0) is 44.0 Å². The quantitative estimate of drug-likeness (QED) is 0.581. The van der Waals surface area contributed by atoms with Gasteiger partial charge in [-0.2, -0.15) is 0 Å². The normalized spacial score (nSPS) is 11.4. The largest absolute Gasteiger partial charge is 0.280 e. The van der Waals surface area contributed by atoms with Crippen molar-refractivity contribution in [3.63, 3.8) is 0 Å². The molecule has 0 aromatic heterocycles. The summed E-state index contributed by atoms with van der Waals surface area (Å²) in [6.07, 6.45) is 0. The van der Waals surface area contributed by atoms with E-state index in [4.69, 9.17) is 11.6 Å². The fraction of sp³-hybridized carbons (Fsp3) is 0.364. The zero-order valence-electron chi connectivity index (χ0n) is 8.50. The Hall–Kier alpha value is -0.470. The van der Waals surface area contributed by atoms with E-state index in [1.807, 2.05) is 45.0 Å². The minimum atomic E-state index is -0.562. The van der Waals surface area contributed by atoms with E-state index < -0.39 is 4.75 Å². The smallest absolute Gasteiger partial charge is 0.237 e. The average Bonchev–Trinajstić information content (AvgIpc) is 2.08. The van der Waals surface area contributed by atoms with Gasteiger partial charge in [0.25, 0.3) is 0 Å². The van der Waals surface area contributed by atoms with Gasteiger partial charge < -0.3 is 0 Å². The molecule has 0 N–H and O–H groups in total. The topological polar surface area (TPSA) is 17.1 Å². The maximum absolute atomic E-state index is 11.1. The molecule has 0 amide bonds. The van der Waals surface area contributed by atoms with Gasteiger partial charge in [-0.15, -0.1) is 11.8 Å². The standard InChI is InChI=1S/C11H13ClOS/c1-8-6-4-5-7-9(8)14-11(2,3)10(12)13/h4-7H,1-3H3. The summed E-state index contributed by atoms with van der Waals surface area (Å²) in [4.78, 5) is 12.2. The first kappa shape index (κ1) is 11.6. The van der Waals surface area contributed by atoms with E-state index >= 15 is 0 Å². The maximum atomic E-state index is 11.1. The molecule has 0 radical (unpaired) electrons. The van der Waals surface area contributed by atoms with Crippen molar-refractivity contribution < 1.29 is 4.79 Å². The number of hydrogen-bond acceptors (Lipinski definition) is 2. The lowest BCUT2D eigenvalue weighted by molar-refractivity contribution is -0.113. The van der Waals surface area contributed by atoms with Crippen LogP contribution in [0.2, 0.25) is 0 Å². The highest BCUT2D eigenvalue weighted by atomic mass is 35.5. The Morgan fingerprint density at radius 3 is 2.43 bits per heavy atom. The summed E-state index contributed by atoms with van der Waals surface area (Å²) < 4.78 is -0.562. The molecule has 76 valence electrons. The monoisotopic (exact) mass is 228 g/mol. The van der Waals surface area contributed by atoms with Gasteiger partial charge in [0.15, 0.2) is 0 Å². The predicted octanol–water partition coefficient (Wildman–Crippen LogP) is 3.63. The Bertz CT molecular complexity index is 347. The van der Waals surface area contributed by atoms with E-state index in [2.05, 4.69) is 0 Å². The van der Waals surface area contributed by atoms with Crippen molar-refractivity contribution in [3.05, 3.63) is 29.8 Å². The summed E-state index contributed by atoms with van der Waals surface area (Å²) in [7, 11) is 0. The lowest BCUT2D eigenvalue weighted by atomic mass is 10.2. The fourth-order valence-electron chi connectivity index (χ4n) is 0.986. The Balaban J connectivity index is 2.89. The summed E-state index contributed by atoms with van der Waals surface area (Å²) in [6.45, 7) is 5.69. The van der Waals surface area contributed by atoms with Gasteiger partial charge in [0.2, 0.25) is 5.24 Å². The van der Waals surface area contributed by atoms with Crippen LogP contribution in [0.3, 0.4) is 0 Å². The first-order chi connectivity index (χ1) is 6.43. The molecule has 0 saturated heterocycles. The van der Waals surface area contributed by atoms with Crippen molar-refractivity contribution in [3.8, 4) is 0 Å². The first-order valence-electron chi connectivity index (χ1n) is 4.38. The summed E-state index contributed by atoms with van der Waals surface area (Å²) in [5.74, 6) is 0. The number of thioether (sulfide) groups is 1. The number of rotatable bonds is 3. The lowest BCUT2D eigenvalue weighted by Gasteiger charge is -2.19. The first-order valence-corrected chi connectivity index (χ1v) is 5.57. The van der Waals surface area contributed by atoms with Crippen LogP contribution in [0.1, 0.15) is 19.4 Å². The number of hydrogen-bond donors (Lipinski definition) is 0. The SMILES string of the molecule is Cc1ccccc1SC(C)(C)C(=O)Cl. The molecular formula is C11H13ClOS. The van der Waals surface area contributed by atoms with Crippen molar-refractivity contribution in [2.24, 2.45) is 0 Å². The third-order valence-electron chi connectivity index (χ3n) is 1.93. The summed E-state index contributed by atoms with van der Waals surface area (Å²) >= 11 is 7.01. The van der Waals surface area contributed by atoms with Crippen molar-refractivity contribution in [1.82, 2.24) is 0 Å². The van der Waals surface area contributed by atoms with Gasteiger partial charge in [0.1, 0.15) is 0 Å². The van der Waals surface area contributed by atoms with Crippen LogP contribution >= 0.6 is 23.4 Å². The highest BCUT2D eigenvalue weighted by molar-refractivity contribution is 8.01. The molecule has 3 heteroatoms. The molecule has 0 fully saturated rings. The molecule has 1 aromatic rings.